The van der Waals surface area contributed by atoms with E-state index in [2.05, 4.69) is 30.8 Å². The van der Waals surface area contributed by atoms with Crippen LogP contribution in [-0.2, 0) is 0 Å². The van der Waals surface area contributed by atoms with Crippen LogP contribution in [-0.4, -0.2) is 56.6 Å². The van der Waals surface area contributed by atoms with E-state index in [1.54, 1.807) is 0 Å². The Morgan fingerprint density at radius 3 is 2.52 bits per heavy atom. The number of hydrogen-bond donors (Lipinski definition) is 2. The third kappa shape index (κ3) is 3.23. The number of rotatable bonds is 4. The van der Waals surface area contributed by atoms with Crippen molar-refractivity contribution in [3.63, 3.8) is 0 Å². The first-order valence-electron chi connectivity index (χ1n) is 8.07. The maximum atomic E-state index is 12.1. The van der Waals surface area contributed by atoms with Gasteiger partial charge in [0, 0.05) is 12.1 Å². The first-order chi connectivity index (χ1) is 10.3. The molecule has 3 rings (SSSR count). The quantitative estimate of drug-likeness (QED) is 0.868. The molecule has 1 saturated carbocycles. The van der Waals surface area contributed by atoms with Gasteiger partial charge in [0.05, 0.1) is 0 Å². The highest BCUT2D eigenvalue weighted by molar-refractivity contribution is 5.90. The molecule has 21 heavy (non-hydrogen) atoms. The minimum absolute atomic E-state index is 0.125. The summed E-state index contributed by atoms with van der Waals surface area (Å²) in [6.07, 6.45) is 10.1. The van der Waals surface area contributed by atoms with Gasteiger partial charge in [0.25, 0.3) is 11.7 Å². The van der Waals surface area contributed by atoms with E-state index < -0.39 is 0 Å². The van der Waals surface area contributed by atoms with Gasteiger partial charge >= 0.3 is 0 Å². The van der Waals surface area contributed by atoms with Crippen molar-refractivity contribution in [2.24, 2.45) is 0 Å². The van der Waals surface area contributed by atoms with Gasteiger partial charge in [0.2, 0.25) is 0 Å². The zero-order chi connectivity index (χ0) is 14.5. The van der Waals surface area contributed by atoms with Gasteiger partial charge in [-0.25, -0.2) is 0 Å². The molecule has 0 bridgehead atoms. The summed E-state index contributed by atoms with van der Waals surface area (Å²) >= 11 is 0. The van der Waals surface area contributed by atoms with Crippen LogP contribution in [0.1, 0.15) is 62.0 Å². The molecule has 7 heteroatoms. The maximum absolute atomic E-state index is 12.1. The van der Waals surface area contributed by atoms with Gasteiger partial charge in [-0.3, -0.25) is 9.69 Å². The average molecular weight is 292 g/mol. The second-order valence-corrected chi connectivity index (χ2v) is 6.25. The largest absolute Gasteiger partial charge is 0.347 e. The first-order valence-corrected chi connectivity index (χ1v) is 8.07. The summed E-state index contributed by atoms with van der Waals surface area (Å²) in [5.41, 5.74) is 0.137. The van der Waals surface area contributed by atoms with E-state index in [-0.39, 0.29) is 17.3 Å². The zero-order valence-electron chi connectivity index (χ0n) is 12.5. The Bertz CT molecular complexity index is 448. The number of amides is 1. The molecule has 1 aromatic heterocycles. The molecule has 0 aromatic carbocycles. The number of hydrogen-bond acceptors (Lipinski definition) is 5. The fraction of sp³-hybridized carbons (Fsp3) is 0.857. The van der Waals surface area contributed by atoms with Crippen molar-refractivity contribution in [2.45, 2.75) is 56.9 Å². The molecular formula is C14H24N6O. The summed E-state index contributed by atoms with van der Waals surface area (Å²) < 4.78 is 0. The molecule has 0 unspecified atom stereocenters. The molecule has 1 aliphatic heterocycles. The van der Waals surface area contributed by atoms with Crippen molar-refractivity contribution >= 4 is 5.91 Å². The van der Waals surface area contributed by atoms with E-state index in [0.29, 0.717) is 6.54 Å². The summed E-state index contributed by atoms with van der Waals surface area (Å²) in [6, 6.07) is 0. The van der Waals surface area contributed by atoms with E-state index in [0.717, 1.165) is 13.1 Å². The zero-order valence-corrected chi connectivity index (χ0v) is 12.5. The fourth-order valence-electron chi connectivity index (χ4n) is 3.76. The van der Waals surface area contributed by atoms with Crippen LogP contribution < -0.4 is 5.32 Å². The van der Waals surface area contributed by atoms with Gasteiger partial charge in [-0.05, 0) is 44.0 Å². The van der Waals surface area contributed by atoms with Crippen LogP contribution in [0.2, 0.25) is 0 Å². The van der Waals surface area contributed by atoms with E-state index in [4.69, 9.17) is 0 Å². The monoisotopic (exact) mass is 292 g/mol. The predicted molar refractivity (Wildman–Crippen MR) is 77.8 cm³/mol. The van der Waals surface area contributed by atoms with Gasteiger partial charge < -0.3 is 5.32 Å². The minimum Gasteiger partial charge on any atom is -0.347 e. The van der Waals surface area contributed by atoms with E-state index in [9.17, 15) is 4.79 Å². The molecule has 116 valence electrons. The lowest BCUT2D eigenvalue weighted by atomic mass is 9.79. The van der Waals surface area contributed by atoms with Crippen molar-refractivity contribution in [3.05, 3.63) is 5.82 Å². The van der Waals surface area contributed by atoms with E-state index in [1.807, 2.05) is 0 Å². The maximum Gasteiger partial charge on any atom is 0.292 e. The number of nitrogens with zero attached hydrogens (tertiary/aromatic N) is 4. The number of carbonyl (C=O) groups excluding carboxylic acids is 1. The second kappa shape index (κ2) is 6.51. The van der Waals surface area contributed by atoms with Crippen LogP contribution in [0.25, 0.3) is 0 Å². The van der Waals surface area contributed by atoms with Crippen LogP contribution in [0.4, 0.5) is 0 Å². The molecule has 1 aliphatic carbocycles. The summed E-state index contributed by atoms with van der Waals surface area (Å²) in [6.45, 7) is 3.02. The lowest BCUT2D eigenvalue weighted by Gasteiger charge is -2.48. The molecule has 0 radical (unpaired) electrons. The van der Waals surface area contributed by atoms with Crippen molar-refractivity contribution in [1.29, 1.82) is 0 Å². The lowest BCUT2D eigenvalue weighted by molar-refractivity contribution is 0.0325. The molecular weight excluding hydrogens is 268 g/mol. The van der Waals surface area contributed by atoms with Gasteiger partial charge in [0.1, 0.15) is 0 Å². The van der Waals surface area contributed by atoms with Crippen molar-refractivity contribution in [1.82, 2.24) is 30.8 Å². The smallest absolute Gasteiger partial charge is 0.292 e. The fourth-order valence-corrected chi connectivity index (χ4v) is 3.76. The molecule has 1 saturated heterocycles. The molecule has 1 amide bonds. The Labute approximate surface area is 124 Å². The number of piperidine rings is 1. The number of nitrogens with one attached hydrogen (secondary N) is 2. The van der Waals surface area contributed by atoms with E-state index >= 15 is 0 Å². The van der Waals surface area contributed by atoms with Gasteiger partial charge in [0.15, 0.2) is 0 Å². The van der Waals surface area contributed by atoms with Gasteiger partial charge in [-0.15, -0.1) is 10.2 Å². The minimum atomic E-state index is -0.231. The Kier molecular flexibility index (Phi) is 4.48. The Morgan fingerprint density at radius 2 is 1.86 bits per heavy atom. The summed E-state index contributed by atoms with van der Waals surface area (Å²) in [7, 11) is 0. The van der Waals surface area contributed by atoms with Gasteiger partial charge in [-0.1, -0.05) is 25.7 Å². The van der Waals surface area contributed by atoms with Crippen LogP contribution in [0.3, 0.4) is 0 Å². The van der Waals surface area contributed by atoms with Crippen molar-refractivity contribution in [3.8, 4) is 0 Å². The Morgan fingerprint density at radius 1 is 1.14 bits per heavy atom. The van der Waals surface area contributed by atoms with Gasteiger partial charge in [-0.2, -0.15) is 5.21 Å². The Hall–Kier alpha value is -1.50. The van der Waals surface area contributed by atoms with Crippen molar-refractivity contribution in [2.75, 3.05) is 19.6 Å². The number of carbonyl (C=O) groups is 1. The number of likely N-dealkylation sites (tertiary alicyclic amines) is 1. The van der Waals surface area contributed by atoms with Crippen LogP contribution in [0.5, 0.6) is 0 Å². The molecule has 2 aliphatic rings. The SMILES string of the molecule is O=C(NCC1(N2CCCCC2)CCCCC1)c1nn[nH]n1. The highest BCUT2D eigenvalue weighted by atomic mass is 16.2. The molecule has 1 aromatic rings. The molecule has 2 heterocycles. The van der Waals surface area contributed by atoms with Crippen LogP contribution in [0.15, 0.2) is 0 Å². The number of aromatic nitrogens is 4. The number of aromatic amines is 1. The highest BCUT2D eigenvalue weighted by Crippen LogP contribution is 2.35. The molecule has 0 spiro atoms. The average Bonchev–Trinajstić information content (AvgIpc) is 3.09. The Balaban J connectivity index is 1.65. The van der Waals surface area contributed by atoms with E-state index in [1.165, 1.54) is 51.4 Å². The highest BCUT2D eigenvalue weighted by Gasteiger charge is 2.38. The predicted octanol–water partition coefficient (Wildman–Crippen LogP) is 1.12. The number of tetrazole rings is 1. The lowest BCUT2D eigenvalue weighted by Crippen LogP contribution is -2.58. The third-order valence-corrected chi connectivity index (χ3v) is 4.94. The molecule has 7 nitrogen and oxygen atoms in total. The standard InChI is InChI=1S/C14H24N6O/c21-13(12-16-18-19-17-12)15-11-14(7-3-1-4-8-14)20-9-5-2-6-10-20/h1-11H2,(H,15,21)(H,16,17,18,19). The molecule has 0 atom stereocenters. The third-order valence-electron chi connectivity index (χ3n) is 4.94. The summed E-state index contributed by atoms with van der Waals surface area (Å²) in [4.78, 5) is 14.7. The molecule has 2 N–H and O–H groups in total. The van der Waals surface area contributed by atoms with Crippen LogP contribution >= 0.6 is 0 Å². The topological polar surface area (TPSA) is 86.8 Å². The number of H-pyrrole nitrogens is 1. The first kappa shape index (κ1) is 14.4. The van der Waals surface area contributed by atoms with Crippen molar-refractivity contribution < 1.29 is 4.79 Å². The second-order valence-electron chi connectivity index (χ2n) is 6.25. The van der Waals surface area contributed by atoms with Crippen LogP contribution in [0, 0.1) is 0 Å². The normalized spacial score (nSPS) is 22.9. The summed E-state index contributed by atoms with van der Waals surface area (Å²) in [5.74, 6) is -0.106. The summed E-state index contributed by atoms with van der Waals surface area (Å²) in [5, 5.41) is 16.3. The molecule has 2 fully saturated rings.